The SMILES string of the molecule is CCOC(=O)c1ccn(-c2ccccc2NC(=O)N(C)CCC(=O)O)n1. The molecule has 0 saturated heterocycles. The van der Waals surface area contributed by atoms with E-state index in [1.165, 1.54) is 22.7 Å². The molecular weight excluding hydrogens is 340 g/mol. The molecule has 0 unspecified atom stereocenters. The lowest BCUT2D eigenvalue weighted by atomic mass is 10.2. The number of aliphatic carboxylic acids is 1. The highest BCUT2D eigenvalue weighted by Gasteiger charge is 2.15. The lowest BCUT2D eigenvalue weighted by Crippen LogP contribution is -2.33. The Labute approximate surface area is 150 Å². The molecule has 0 aliphatic carbocycles. The van der Waals surface area contributed by atoms with Gasteiger partial charge in [0.1, 0.15) is 0 Å². The second-order valence-electron chi connectivity index (χ2n) is 5.38. The van der Waals surface area contributed by atoms with Crippen molar-refractivity contribution in [2.75, 3.05) is 25.5 Å². The van der Waals surface area contributed by atoms with Crippen LogP contribution in [0.2, 0.25) is 0 Å². The van der Waals surface area contributed by atoms with E-state index >= 15 is 0 Å². The Morgan fingerprint density at radius 2 is 2.00 bits per heavy atom. The van der Waals surface area contributed by atoms with E-state index < -0.39 is 18.0 Å². The number of anilines is 1. The lowest BCUT2D eigenvalue weighted by Gasteiger charge is -2.18. The zero-order valence-electron chi connectivity index (χ0n) is 14.5. The number of nitrogens with one attached hydrogen (secondary N) is 1. The summed E-state index contributed by atoms with van der Waals surface area (Å²) in [5.74, 6) is -1.51. The molecule has 2 aromatic rings. The number of benzene rings is 1. The van der Waals surface area contributed by atoms with Gasteiger partial charge in [-0.25, -0.2) is 14.3 Å². The first-order valence-electron chi connectivity index (χ1n) is 7.98. The molecular formula is C17H20N4O5. The van der Waals surface area contributed by atoms with Crippen LogP contribution in [0.25, 0.3) is 5.69 Å². The Bertz CT molecular complexity index is 802. The molecule has 0 atom stereocenters. The molecule has 9 nitrogen and oxygen atoms in total. The standard InChI is InChI=1S/C17H20N4O5/c1-3-26-16(24)13-8-11-21(19-13)14-7-5-4-6-12(14)18-17(25)20(2)10-9-15(22)23/h4-8,11H,3,9-10H2,1-2H3,(H,18,25)(H,22,23). The molecule has 2 N–H and O–H groups in total. The number of urea groups is 1. The quantitative estimate of drug-likeness (QED) is 0.730. The zero-order valence-corrected chi connectivity index (χ0v) is 14.5. The van der Waals surface area contributed by atoms with E-state index in [4.69, 9.17) is 9.84 Å². The fourth-order valence-electron chi connectivity index (χ4n) is 2.13. The van der Waals surface area contributed by atoms with E-state index in [-0.39, 0.29) is 25.3 Å². The van der Waals surface area contributed by atoms with Crippen molar-refractivity contribution in [2.24, 2.45) is 0 Å². The molecule has 1 heterocycles. The predicted molar refractivity (Wildman–Crippen MR) is 93.4 cm³/mol. The van der Waals surface area contributed by atoms with Crippen molar-refractivity contribution >= 4 is 23.7 Å². The molecule has 0 radical (unpaired) electrons. The summed E-state index contributed by atoms with van der Waals surface area (Å²) < 4.78 is 6.37. The molecule has 26 heavy (non-hydrogen) atoms. The van der Waals surface area contributed by atoms with Crippen LogP contribution in [0, 0.1) is 0 Å². The molecule has 0 bridgehead atoms. The molecule has 138 valence electrons. The first-order valence-corrected chi connectivity index (χ1v) is 7.98. The van der Waals surface area contributed by atoms with E-state index in [9.17, 15) is 14.4 Å². The number of rotatable bonds is 7. The van der Waals surface area contributed by atoms with Gasteiger partial charge >= 0.3 is 18.0 Å². The van der Waals surface area contributed by atoms with Crippen molar-refractivity contribution in [3.05, 3.63) is 42.2 Å². The molecule has 9 heteroatoms. The van der Waals surface area contributed by atoms with Gasteiger partial charge in [0, 0.05) is 19.8 Å². The Hall–Kier alpha value is -3.36. The van der Waals surface area contributed by atoms with Crippen LogP contribution < -0.4 is 5.32 Å². The predicted octanol–water partition coefficient (Wildman–Crippen LogP) is 1.99. The minimum absolute atomic E-state index is 0.0815. The molecule has 0 aliphatic rings. The van der Waals surface area contributed by atoms with Crippen molar-refractivity contribution in [3.8, 4) is 5.69 Å². The maximum atomic E-state index is 12.2. The monoisotopic (exact) mass is 360 g/mol. The Morgan fingerprint density at radius 3 is 2.69 bits per heavy atom. The molecule has 2 rings (SSSR count). The van der Waals surface area contributed by atoms with Gasteiger partial charge < -0.3 is 20.1 Å². The van der Waals surface area contributed by atoms with Crippen molar-refractivity contribution in [1.29, 1.82) is 0 Å². The minimum Gasteiger partial charge on any atom is -0.481 e. The number of carboxylic acids is 1. The van der Waals surface area contributed by atoms with Crippen molar-refractivity contribution in [1.82, 2.24) is 14.7 Å². The summed E-state index contributed by atoms with van der Waals surface area (Å²) in [5, 5.41) is 15.6. The molecule has 0 aliphatic heterocycles. The Kier molecular flexibility index (Phi) is 6.31. The minimum atomic E-state index is -0.979. The summed E-state index contributed by atoms with van der Waals surface area (Å²) in [5.41, 5.74) is 1.19. The lowest BCUT2D eigenvalue weighted by molar-refractivity contribution is -0.137. The number of para-hydroxylation sites is 2. The highest BCUT2D eigenvalue weighted by Crippen LogP contribution is 2.20. The summed E-state index contributed by atoms with van der Waals surface area (Å²) in [6.07, 6.45) is 1.44. The molecule has 2 amide bonds. The normalized spacial score (nSPS) is 10.2. The third kappa shape index (κ3) is 4.82. The van der Waals surface area contributed by atoms with Gasteiger partial charge in [-0.15, -0.1) is 0 Å². The number of esters is 1. The molecule has 0 fully saturated rings. The van der Waals surface area contributed by atoms with Crippen LogP contribution in [0.1, 0.15) is 23.8 Å². The van der Waals surface area contributed by atoms with Crippen LogP contribution in [0.4, 0.5) is 10.5 Å². The van der Waals surface area contributed by atoms with Crippen molar-refractivity contribution < 1.29 is 24.2 Å². The van der Waals surface area contributed by atoms with E-state index in [1.807, 2.05) is 0 Å². The largest absolute Gasteiger partial charge is 0.481 e. The number of carboxylic acid groups (broad SMARTS) is 1. The van der Waals surface area contributed by atoms with Crippen LogP contribution in [0.3, 0.4) is 0 Å². The summed E-state index contributed by atoms with van der Waals surface area (Å²) >= 11 is 0. The summed E-state index contributed by atoms with van der Waals surface area (Å²) in [6, 6.07) is 8.00. The third-order valence-corrected chi connectivity index (χ3v) is 3.47. The topological polar surface area (TPSA) is 114 Å². The number of nitrogens with zero attached hydrogens (tertiary/aromatic N) is 3. The third-order valence-electron chi connectivity index (χ3n) is 3.47. The van der Waals surface area contributed by atoms with E-state index in [0.717, 1.165) is 0 Å². The number of hydrogen-bond donors (Lipinski definition) is 2. The second-order valence-corrected chi connectivity index (χ2v) is 5.38. The van der Waals surface area contributed by atoms with E-state index in [2.05, 4.69) is 10.4 Å². The number of carbonyl (C=O) groups is 3. The van der Waals surface area contributed by atoms with Crippen molar-refractivity contribution in [2.45, 2.75) is 13.3 Å². The van der Waals surface area contributed by atoms with Crippen molar-refractivity contribution in [3.63, 3.8) is 0 Å². The zero-order chi connectivity index (χ0) is 19.1. The maximum Gasteiger partial charge on any atom is 0.358 e. The van der Waals surface area contributed by atoms with Crippen LogP contribution in [-0.4, -0.2) is 58.0 Å². The average molecular weight is 360 g/mol. The fourth-order valence-corrected chi connectivity index (χ4v) is 2.13. The van der Waals surface area contributed by atoms with Crippen LogP contribution in [0.5, 0.6) is 0 Å². The number of amides is 2. The van der Waals surface area contributed by atoms with Gasteiger partial charge in [-0.05, 0) is 25.1 Å². The van der Waals surface area contributed by atoms with Gasteiger partial charge in [-0.3, -0.25) is 4.79 Å². The molecule has 0 spiro atoms. The van der Waals surface area contributed by atoms with Crippen LogP contribution in [0.15, 0.2) is 36.5 Å². The van der Waals surface area contributed by atoms with Gasteiger partial charge in [-0.1, -0.05) is 12.1 Å². The molecule has 1 aromatic carbocycles. The first-order chi connectivity index (χ1) is 12.4. The number of ether oxygens (including phenoxy) is 1. The Balaban J connectivity index is 2.16. The summed E-state index contributed by atoms with van der Waals surface area (Å²) in [7, 11) is 1.51. The van der Waals surface area contributed by atoms with Gasteiger partial charge in [0.15, 0.2) is 5.69 Å². The van der Waals surface area contributed by atoms with Gasteiger partial charge in [0.05, 0.1) is 24.4 Å². The van der Waals surface area contributed by atoms with E-state index in [1.54, 1.807) is 37.4 Å². The van der Waals surface area contributed by atoms with Gasteiger partial charge in [-0.2, -0.15) is 5.10 Å². The number of carbonyl (C=O) groups excluding carboxylic acids is 2. The maximum absolute atomic E-state index is 12.2. The first kappa shape index (κ1) is 19.0. The van der Waals surface area contributed by atoms with Crippen LogP contribution in [-0.2, 0) is 9.53 Å². The van der Waals surface area contributed by atoms with E-state index in [0.29, 0.717) is 11.4 Å². The van der Waals surface area contributed by atoms with Gasteiger partial charge in [0.25, 0.3) is 0 Å². The average Bonchev–Trinajstić information content (AvgIpc) is 3.10. The highest BCUT2D eigenvalue weighted by atomic mass is 16.5. The highest BCUT2D eigenvalue weighted by molar-refractivity contribution is 5.92. The number of aromatic nitrogens is 2. The van der Waals surface area contributed by atoms with Crippen LogP contribution >= 0.6 is 0 Å². The fraction of sp³-hybridized carbons (Fsp3) is 0.294. The smallest absolute Gasteiger partial charge is 0.358 e. The summed E-state index contributed by atoms with van der Waals surface area (Å²) in [4.78, 5) is 35.9. The Morgan fingerprint density at radius 1 is 1.27 bits per heavy atom. The molecule has 0 saturated carbocycles. The second kappa shape index (κ2) is 8.65. The summed E-state index contributed by atoms with van der Waals surface area (Å²) in [6.45, 7) is 2.04. The molecule has 1 aromatic heterocycles. The number of hydrogen-bond acceptors (Lipinski definition) is 5. The van der Waals surface area contributed by atoms with Gasteiger partial charge in [0.2, 0.25) is 0 Å².